The van der Waals surface area contributed by atoms with E-state index in [0.29, 0.717) is 27.1 Å². The van der Waals surface area contributed by atoms with Gasteiger partial charge in [-0.05, 0) is 46.8 Å². The normalized spacial score (nSPS) is 10.8. The molecular weight excluding hydrogens is 316 g/mol. The zero-order valence-corrected chi connectivity index (χ0v) is 12.0. The number of nitrogens with zero attached hydrogens (tertiary/aromatic N) is 4. The maximum absolute atomic E-state index is 14.0. The van der Waals surface area contributed by atoms with E-state index in [0.717, 1.165) is 0 Å². The predicted molar refractivity (Wildman–Crippen MR) is 79.0 cm³/mol. The highest BCUT2D eigenvalue weighted by Gasteiger charge is 2.16. The Bertz CT molecular complexity index is 818. The fraction of sp³-hybridized carbons (Fsp3) is 0. The molecule has 0 fully saturated rings. The van der Waals surface area contributed by atoms with Crippen molar-refractivity contribution in [1.29, 1.82) is 0 Å². The van der Waals surface area contributed by atoms with E-state index in [9.17, 15) is 4.39 Å². The van der Waals surface area contributed by atoms with Gasteiger partial charge >= 0.3 is 0 Å². The summed E-state index contributed by atoms with van der Waals surface area (Å²) in [6, 6.07) is 9.02. The Morgan fingerprint density at radius 3 is 2.52 bits per heavy atom. The maximum atomic E-state index is 14.0. The third-order valence-corrected chi connectivity index (χ3v) is 3.33. The molecule has 0 aliphatic rings. The molecule has 1 aromatic heterocycles. The third-order valence-electron chi connectivity index (χ3n) is 2.86. The first-order chi connectivity index (χ1) is 10.1. The zero-order valence-electron chi connectivity index (χ0n) is 10.5. The van der Waals surface area contributed by atoms with Crippen molar-refractivity contribution < 1.29 is 4.39 Å². The number of nitrogen functional groups attached to an aromatic ring is 1. The summed E-state index contributed by atoms with van der Waals surface area (Å²) in [7, 11) is 0. The van der Waals surface area contributed by atoms with Gasteiger partial charge in [-0.2, -0.15) is 4.68 Å². The number of rotatable bonds is 2. The lowest BCUT2D eigenvalue weighted by Gasteiger charge is -2.08. The molecule has 3 aromatic rings. The molecule has 5 nitrogen and oxygen atoms in total. The van der Waals surface area contributed by atoms with Crippen LogP contribution in [0.1, 0.15) is 0 Å². The summed E-state index contributed by atoms with van der Waals surface area (Å²) in [5.41, 5.74) is 6.99. The van der Waals surface area contributed by atoms with Gasteiger partial charge in [0.05, 0.1) is 0 Å². The molecule has 0 saturated heterocycles. The summed E-state index contributed by atoms with van der Waals surface area (Å²) in [6.45, 7) is 0. The minimum atomic E-state index is -0.500. The number of nitrogens with two attached hydrogens (primary N) is 1. The molecule has 0 aliphatic carbocycles. The highest BCUT2D eigenvalue weighted by molar-refractivity contribution is 6.31. The molecule has 0 amide bonds. The van der Waals surface area contributed by atoms with Crippen LogP contribution in [0, 0.1) is 5.82 Å². The first-order valence-corrected chi connectivity index (χ1v) is 6.61. The Kier molecular flexibility index (Phi) is 3.48. The van der Waals surface area contributed by atoms with Gasteiger partial charge in [0, 0.05) is 21.3 Å². The molecule has 1 heterocycles. The molecule has 0 atom stereocenters. The molecule has 0 aliphatic heterocycles. The fourth-order valence-electron chi connectivity index (χ4n) is 1.90. The third kappa shape index (κ3) is 2.55. The van der Waals surface area contributed by atoms with Crippen LogP contribution < -0.4 is 5.73 Å². The van der Waals surface area contributed by atoms with Crippen LogP contribution in [0.25, 0.3) is 17.1 Å². The summed E-state index contributed by atoms with van der Waals surface area (Å²) < 4.78 is 15.2. The summed E-state index contributed by atoms with van der Waals surface area (Å²) >= 11 is 11.8. The molecule has 0 radical (unpaired) electrons. The largest absolute Gasteiger partial charge is 0.398 e. The molecule has 106 valence electrons. The van der Waals surface area contributed by atoms with E-state index in [1.807, 2.05) is 0 Å². The number of hydrogen-bond donors (Lipinski definition) is 1. The molecule has 0 spiro atoms. The van der Waals surface area contributed by atoms with E-state index in [1.54, 1.807) is 18.2 Å². The zero-order chi connectivity index (χ0) is 15.0. The van der Waals surface area contributed by atoms with Crippen molar-refractivity contribution in [3.63, 3.8) is 0 Å². The van der Waals surface area contributed by atoms with Gasteiger partial charge in [0.1, 0.15) is 11.5 Å². The topological polar surface area (TPSA) is 69.6 Å². The van der Waals surface area contributed by atoms with Crippen molar-refractivity contribution in [3.05, 3.63) is 52.3 Å². The molecule has 0 unspecified atom stereocenters. The van der Waals surface area contributed by atoms with E-state index in [-0.39, 0.29) is 5.69 Å². The Hall–Kier alpha value is -2.18. The van der Waals surface area contributed by atoms with Gasteiger partial charge in [-0.25, -0.2) is 4.39 Å². The lowest BCUT2D eigenvalue weighted by atomic mass is 10.1. The number of hydrogen-bond acceptors (Lipinski definition) is 4. The van der Waals surface area contributed by atoms with E-state index in [1.165, 1.54) is 22.9 Å². The van der Waals surface area contributed by atoms with Crippen LogP contribution in [0.3, 0.4) is 0 Å². The minimum absolute atomic E-state index is 0.136. The van der Waals surface area contributed by atoms with Gasteiger partial charge in [0.15, 0.2) is 5.82 Å². The second-order valence-corrected chi connectivity index (χ2v) is 5.11. The van der Waals surface area contributed by atoms with Crippen LogP contribution in [0.5, 0.6) is 0 Å². The smallest absolute Gasteiger partial charge is 0.189 e. The molecule has 21 heavy (non-hydrogen) atoms. The van der Waals surface area contributed by atoms with Crippen LogP contribution in [0.15, 0.2) is 36.4 Å². The Morgan fingerprint density at radius 2 is 1.76 bits per heavy atom. The Labute approximate surface area is 129 Å². The van der Waals surface area contributed by atoms with Crippen LogP contribution >= 0.6 is 23.2 Å². The quantitative estimate of drug-likeness (QED) is 0.734. The van der Waals surface area contributed by atoms with Gasteiger partial charge in [-0.3, -0.25) is 0 Å². The first kappa shape index (κ1) is 13.8. The summed E-state index contributed by atoms with van der Waals surface area (Å²) in [5.74, 6) is -0.203. The van der Waals surface area contributed by atoms with Gasteiger partial charge in [0.2, 0.25) is 0 Å². The average molecular weight is 324 g/mol. The summed E-state index contributed by atoms with van der Waals surface area (Å²) in [6.07, 6.45) is 0. The summed E-state index contributed by atoms with van der Waals surface area (Å²) in [5, 5.41) is 12.1. The SMILES string of the molecule is Nc1cc(Cl)ccc1-c1nnnn1-c1cc(Cl)ccc1F. The molecule has 2 N–H and O–H groups in total. The standard InChI is InChI=1S/C13H8Cl2FN5/c14-7-1-3-9(11(17)5-7)13-18-19-20-21(13)12-6-8(15)2-4-10(12)16/h1-6H,17H2. The van der Waals surface area contributed by atoms with E-state index in [4.69, 9.17) is 28.9 Å². The maximum Gasteiger partial charge on any atom is 0.189 e. The lowest BCUT2D eigenvalue weighted by molar-refractivity contribution is 0.608. The van der Waals surface area contributed by atoms with Crippen molar-refractivity contribution in [2.75, 3.05) is 5.73 Å². The van der Waals surface area contributed by atoms with Gasteiger partial charge in [-0.1, -0.05) is 23.2 Å². The monoisotopic (exact) mass is 323 g/mol. The fourth-order valence-corrected chi connectivity index (χ4v) is 2.25. The number of aromatic nitrogens is 4. The van der Waals surface area contributed by atoms with E-state index in [2.05, 4.69) is 15.5 Å². The Morgan fingerprint density at radius 1 is 1.05 bits per heavy atom. The van der Waals surface area contributed by atoms with Gasteiger partial charge in [-0.15, -0.1) is 5.10 Å². The second kappa shape index (κ2) is 5.31. The van der Waals surface area contributed by atoms with Crippen molar-refractivity contribution in [2.45, 2.75) is 0 Å². The molecule has 0 bridgehead atoms. The van der Waals surface area contributed by atoms with Gasteiger partial charge in [0.25, 0.3) is 0 Å². The average Bonchev–Trinajstić information content (AvgIpc) is 2.90. The Balaban J connectivity index is 2.19. The molecular formula is C13H8Cl2FN5. The van der Waals surface area contributed by atoms with Gasteiger partial charge < -0.3 is 5.73 Å². The highest BCUT2D eigenvalue weighted by atomic mass is 35.5. The van der Waals surface area contributed by atoms with E-state index < -0.39 is 5.82 Å². The van der Waals surface area contributed by atoms with Crippen molar-refractivity contribution in [2.24, 2.45) is 0 Å². The molecule has 8 heteroatoms. The number of halogens is 3. The van der Waals surface area contributed by atoms with Crippen molar-refractivity contribution in [1.82, 2.24) is 20.2 Å². The highest BCUT2D eigenvalue weighted by Crippen LogP contribution is 2.29. The molecule has 0 saturated carbocycles. The second-order valence-electron chi connectivity index (χ2n) is 4.24. The first-order valence-electron chi connectivity index (χ1n) is 5.85. The lowest BCUT2D eigenvalue weighted by Crippen LogP contribution is -2.04. The van der Waals surface area contributed by atoms with Crippen LogP contribution in [0.2, 0.25) is 10.0 Å². The number of anilines is 1. The summed E-state index contributed by atoms with van der Waals surface area (Å²) in [4.78, 5) is 0. The van der Waals surface area contributed by atoms with Crippen molar-refractivity contribution in [3.8, 4) is 17.1 Å². The molecule has 2 aromatic carbocycles. The van der Waals surface area contributed by atoms with Crippen LogP contribution in [0.4, 0.5) is 10.1 Å². The van der Waals surface area contributed by atoms with Crippen LogP contribution in [-0.2, 0) is 0 Å². The van der Waals surface area contributed by atoms with E-state index >= 15 is 0 Å². The van der Waals surface area contributed by atoms with Crippen LogP contribution in [-0.4, -0.2) is 20.2 Å². The number of tetrazole rings is 1. The molecule has 3 rings (SSSR count). The minimum Gasteiger partial charge on any atom is -0.398 e. The van der Waals surface area contributed by atoms with Crippen molar-refractivity contribution >= 4 is 28.9 Å². The number of benzene rings is 2. The predicted octanol–water partition coefficient (Wildman–Crippen LogP) is 3.36.